The van der Waals surface area contributed by atoms with E-state index in [2.05, 4.69) is 41.8 Å². The monoisotopic (exact) mass is 494 g/mol. The van der Waals surface area contributed by atoms with Crippen molar-refractivity contribution < 1.29 is 0 Å². The SMILES string of the molecule is BrCc1nc(-c2ccccc2)cc(-c2cc(-c3ccccc3)nc(CBr)n2)n1. The summed E-state index contributed by atoms with van der Waals surface area (Å²) in [5, 5.41) is 1.14. The summed E-state index contributed by atoms with van der Waals surface area (Å²) in [6, 6.07) is 24.2. The van der Waals surface area contributed by atoms with Crippen molar-refractivity contribution >= 4 is 31.9 Å². The summed E-state index contributed by atoms with van der Waals surface area (Å²) in [6.45, 7) is 0. The zero-order chi connectivity index (χ0) is 19.3. The number of rotatable bonds is 5. The van der Waals surface area contributed by atoms with E-state index in [0.29, 0.717) is 10.7 Å². The van der Waals surface area contributed by atoms with Crippen molar-refractivity contribution in [1.82, 2.24) is 19.9 Å². The van der Waals surface area contributed by atoms with E-state index in [0.717, 1.165) is 45.6 Å². The predicted octanol–water partition coefficient (Wildman–Crippen LogP) is 6.06. The van der Waals surface area contributed by atoms with Crippen LogP contribution in [-0.4, -0.2) is 19.9 Å². The van der Waals surface area contributed by atoms with Gasteiger partial charge in [0.25, 0.3) is 0 Å². The van der Waals surface area contributed by atoms with Gasteiger partial charge in [-0.05, 0) is 12.1 Å². The number of benzene rings is 2. The molecule has 4 nitrogen and oxygen atoms in total. The van der Waals surface area contributed by atoms with E-state index < -0.39 is 0 Å². The van der Waals surface area contributed by atoms with Crippen molar-refractivity contribution in [1.29, 1.82) is 0 Å². The lowest BCUT2D eigenvalue weighted by Gasteiger charge is -2.10. The fourth-order valence-corrected chi connectivity index (χ4v) is 3.39. The average Bonchev–Trinajstić information content (AvgIpc) is 2.79. The fourth-order valence-electron chi connectivity index (χ4n) is 2.89. The topological polar surface area (TPSA) is 51.6 Å². The Morgan fingerprint density at radius 3 is 1.21 bits per heavy atom. The first-order chi connectivity index (χ1) is 13.8. The lowest BCUT2D eigenvalue weighted by molar-refractivity contribution is 1.01. The first-order valence-electron chi connectivity index (χ1n) is 8.76. The molecule has 4 rings (SSSR count). The van der Waals surface area contributed by atoms with Gasteiger partial charge in [-0.25, -0.2) is 19.9 Å². The molecule has 0 unspecified atom stereocenters. The molecule has 0 aliphatic heterocycles. The second-order valence-corrected chi connectivity index (χ2v) is 7.23. The maximum atomic E-state index is 4.69. The van der Waals surface area contributed by atoms with Gasteiger partial charge in [0.05, 0.1) is 33.4 Å². The molecule has 0 N–H and O–H groups in total. The Bertz CT molecular complexity index is 997. The van der Waals surface area contributed by atoms with E-state index in [1.165, 1.54) is 0 Å². The maximum Gasteiger partial charge on any atom is 0.140 e. The van der Waals surface area contributed by atoms with Crippen molar-refractivity contribution in [3.63, 3.8) is 0 Å². The summed E-state index contributed by atoms with van der Waals surface area (Å²) in [6.07, 6.45) is 0. The van der Waals surface area contributed by atoms with Crippen LogP contribution >= 0.6 is 31.9 Å². The second-order valence-electron chi connectivity index (χ2n) is 6.11. The van der Waals surface area contributed by atoms with Crippen LogP contribution in [-0.2, 0) is 10.7 Å². The number of hydrogen-bond donors (Lipinski definition) is 0. The molecule has 0 aliphatic carbocycles. The van der Waals surface area contributed by atoms with Gasteiger partial charge in [-0.1, -0.05) is 92.5 Å². The Balaban J connectivity index is 1.86. The molecule has 4 aromatic rings. The van der Waals surface area contributed by atoms with E-state index in [1.54, 1.807) is 0 Å². The van der Waals surface area contributed by atoms with Gasteiger partial charge in [0.15, 0.2) is 0 Å². The quantitative estimate of drug-likeness (QED) is 0.316. The molecule has 0 saturated heterocycles. The average molecular weight is 496 g/mol. The lowest BCUT2D eigenvalue weighted by atomic mass is 10.1. The molecule has 2 heterocycles. The molecule has 138 valence electrons. The van der Waals surface area contributed by atoms with Crippen LogP contribution in [0.2, 0.25) is 0 Å². The molecule has 2 aromatic carbocycles. The van der Waals surface area contributed by atoms with E-state index in [-0.39, 0.29) is 0 Å². The smallest absolute Gasteiger partial charge is 0.140 e. The molecule has 0 radical (unpaired) electrons. The fraction of sp³-hybridized carbons (Fsp3) is 0.0909. The molecule has 6 heteroatoms. The summed E-state index contributed by atoms with van der Waals surface area (Å²) in [5.41, 5.74) is 5.41. The molecule has 0 aliphatic rings. The van der Waals surface area contributed by atoms with E-state index in [9.17, 15) is 0 Å². The van der Waals surface area contributed by atoms with Crippen LogP contribution in [0.4, 0.5) is 0 Å². The van der Waals surface area contributed by atoms with Crippen LogP contribution in [0.5, 0.6) is 0 Å². The summed E-state index contributed by atoms with van der Waals surface area (Å²) in [5.74, 6) is 1.44. The number of nitrogens with zero attached hydrogens (tertiary/aromatic N) is 4. The van der Waals surface area contributed by atoms with Gasteiger partial charge in [-0.15, -0.1) is 0 Å². The standard InChI is InChI=1S/C22H16Br2N4/c23-13-21-25-17(15-7-3-1-4-8-15)11-19(27-21)20-12-18(26-22(14-24)28-20)16-9-5-2-6-10-16/h1-12H,13-14H2. The van der Waals surface area contributed by atoms with Gasteiger partial charge in [-0.2, -0.15) is 0 Å². The normalized spacial score (nSPS) is 10.8. The Kier molecular flexibility index (Phi) is 5.88. The minimum atomic E-state index is 0.572. The molecule has 0 amide bonds. The van der Waals surface area contributed by atoms with Gasteiger partial charge >= 0.3 is 0 Å². The highest BCUT2D eigenvalue weighted by Crippen LogP contribution is 2.27. The third-order valence-corrected chi connectivity index (χ3v) is 5.19. The molecular weight excluding hydrogens is 480 g/mol. The number of hydrogen-bond acceptors (Lipinski definition) is 4. The highest BCUT2D eigenvalue weighted by Gasteiger charge is 2.12. The highest BCUT2D eigenvalue weighted by atomic mass is 79.9. The van der Waals surface area contributed by atoms with Gasteiger partial charge < -0.3 is 0 Å². The van der Waals surface area contributed by atoms with Crippen molar-refractivity contribution in [2.75, 3.05) is 0 Å². The van der Waals surface area contributed by atoms with Crippen molar-refractivity contribution in [3.05, 3.63) is 84.4 Å². The van der Waals surface area contributed by atoms with Crippen LogP contribution in [0.1, 0.15) is 11.6 Å². The van der Waals surface area contributed by atoms with Crippen molar-refractivity contribution in [2.24, 2.45) is 0 Å². The van der Waals surface area contributed by atoms with E-state index >= 15 is 0 Å². The molecule has 0 bridgehead atoms. The first kappa shape index (κ1) is 18.9. The van der Waals surface area contributed by atoms with Crippen LogP contribution in [0.25, 0.3) is 33.9 Å². The van der Waals surface area contributed by atoms with Crippen molar-refractivity contribution in [3.8, 4) is 33.9 Å². The van der Waals surface area contributed by atoms with Gasteiger partial charge in [0.1, 0.15) is 11.6 Å². The Labute approximate surface area is 180 Å². The predicted molar refractivity (Wildman–Crippen MR) is 119 cm³/mol. The summed E-state index contributed by atoms with van der Waals surface area (Å²) >= 11 is 6.97. The zero-order valence-electron chi connectivity index (χ0n) is 14.9. The molecule has 0 fully saturated rings. The Hall–Kier alpha value is -2.44. The highest BCUT2D eigenvalue weighted by molar-refractivity contribution is 9.08. The summed E-state index contributed by atoms with van der Waals surface area (Å²) < 4.78 is 0. The summed E-state index contributed by atoms with van der Waals surface area (Å²) in [7, 11) is 0. The van der Waals surface area contributed by atoms with E-state index in [4.69, 9.17) is 9.97 Å². The molecule has 0 spiro atoms. The number of aromatic nitrogens is 4. The number of halogens is 2. The molecule has 0 saturated carbocycles. The Morgan fingerprint density at radius 2 is 0.857 bits per heavy atom. The maximum absolute atomic E-state index is 4.69. The zero-order valence-corrected chi connectivity index (χ0v) is 18.1. The minimum Gasteiger partial charge on any atom is -0.232 e. The number of alkyl halides is 2. The van der Waals surface area contributed by atoms with Gasteiger partial charge in [-0.3, -0.25) is 0 Å². The minimum absolute atomic E-state index is 0.572. The molecule has 28 heavy (non-hydrogen) atoms. The third-order valence-electron chi connectivity index (χ3n) is 4.19. The van der Waals surface area contributed by atoms with Crippen molar-refractivity contribution in [2.45, 2.75) is 10.7 Å². The first-order valence-corrected chi connectivity index (χ1v) is 11.0. The van der Waals surface area contributed by atoms with Crippen LogP contribution in [0.3, 0.4) is 0 Å². The van der Waals surface area contributed by atoms with Crippen LogP contribution in [0, 0.1) is 0 Å². The van der Waals surface area contributed by atoms with Gasteiger partial charge in [0, 0.05) is 11.1 Å². The van der Waals surface area contributed by atoms with Crippen LogP contribution in [0.15, 0.2) is 72.8 Å². The molecule has 2 aromatic heterocycles. The van der Waals surface area contributed by atoms with E-state index in [1.807, 2.05) is 72.8 Å². The van der Waals surface area contributed by atoms with Gasteiger partial charge in [0.2, 0.25) is 0 Å². The molecular formula is C22H16Br2N4. The van der Waals surface area contributed by atoms with Crippen LogP contribution < -0.4 is 0 Å². The summed E-state index contributed by atoms with van der Waals surface area (Å²) in [4.78, 5) is 18.7. The second kappa shape index (κ2) is 8.71. The third kappa shape index (κ3) is 4.18. The Morgan fingerprint density at radius 1 is 0.500 bits per heavy atom. The largest absolute Gasteiger partial charge is 0.232 e. The molecule has 0 atom stereocenters. The lowest BCUT2D eigenvalue weighted by Crippen LogP contribution is -2.01.